The van der Waals surface area contributed by atoms with Gasteiger partial charge in [0.25, 0.3) is 5.91 Å². The van der Waals surface area contributed by atoms with Gasteiger partial charge in [-0.15, -0.1) is 11.3 Å². The first-order valence-electron chi connectivity index (χ1n) is 14.8. The van der Waals surface area contributed by atoms with Crippen molar-refractivity contribution in [3.63, 3.8) is 0 Å². The van der Waals surface area contributed by atoms with Crippen molar-refractivity contribution in [2.75, 3.05) is 47.4 Å². The van der Waals surface area contributed by atoms with E-state index in [9.17, 15) is 18.9 Å². The molecule has 3 atom stereocenters. The van der Waals surface area contributed by atoms with Crippen LogP contribution in [-0.4, -0.2) is 92.1 Å². The van der Waals surface area contributed by atoms with Crippen molar-refractivity contribution in [1.82, 2.24) is 20.1 Å². The van der Waals surface area contributed by atoms with Crippen LogP contribution in [0, 0.1) is 6.92 Å². The third-order valence-electron chi connectivity index (χ3n) is 7.90. The number of amides is 1. The normalized spacial score (nSPS) is 22.3. The van der Waals surface area contributed by atoms with Crippen LogP contribution in [0.25, 0.3) is 10.1 Å². The topological polar surface area (TPSA) is 125 Å². The molecule has 3 aliphatic rings. The van der Waals surface area contributed by atoms with Gasteiger partial charge in [0.15, 0.2) is 0 Å². The van der Waals surface area contributed by atoms with E-state index in [4.69, 9.17) is 9.53 Å². The number of fused-ring (bicyclic) bond motifs is 1. The summed E-state index contributed by atoms with van der Waals surface area (Å²) in [7, 11) is 4.00. The number of methoxy groups -OCH3 is 1. The molecular formula is C32H44FN4O6PS. The molecule has 0 aliphatic carbocycles. The van der Waals surface area contributed by atoms with Gasteiger partial charge in [-0.3, -0.25) is 19.2 Å². The van der Waals surface area contributed by atoms with Gasteiger partial charge in [0.05, 0.1) is 10.9 Å². The minimum Gasteiger partial charge on any atom is -0.371 e. The van der Waals surface area contributed by atoms with E-state index in [1.807, 2.05) is 32.2 Å². The van der Waals surface area contributed by atoms with Gasteiger partial charge in [0, 0.05) is 48.4 Å². The first-order chi connectivity index (χ1) is 21.5. The maximum atomic E-state index is 14.1. The maximum absolute atomic E-state index is 14.1. The van der Waals surface area contributed by atoms with Gasteiger partial charge in [-0.05, 0) is 88.6 Å². The van der Waals surface area contributed by atoms with Gasteiger partial charge < -0.3 is 29.4 Å². The molecule has 13 heteroatoms. The fourth-order valence-electron chi connectivity index (χ4n) is 5.38. The van der Waals surface area contributed by atoms with E-state index in [0.29, 0.717) is 16.7 Å². The van der Waals surface area contributed by atoms with Crippen LogP contribution in [0.15, 0.2) is 42.7 Å². The van der Waals surface area contributed by atoms with Crippen LogP contribution in [0.3, 0.4) is 0 Å². The van der Waals surface area contributed by atoms with Gasteiger partial charge in [-0.1, -0.05) is 19.4 Å². The Labute approximate surface area is 269 Å². The summed E-state index contributed by atoms with van der Waals surface area (Å²) >= 11 is 1.27. The van der Waals surface area contributed by atoms with Gasteiger partial charge in [0.2, 0.25) is 8.38 Å². The van der Waals surface area contributed by atoms with Crippen molar-refractivity contribution in [2.45, 2.75) is 56.8 Å². The summed E-state index contributed by atoms with van der Waals surface area (Å²) in [5.74, 6) is -0.319. The average molecular weight is 663 g/mol. The standard InChI is InChI=1S/C15H15FNO4PS.C11H16N2O.C5H11N.CH2O/c1-2-3-11(8-18)17-14(19)13-7-9-6-10(4-5-12(9)23-13)15(16)21-22(15)20;1-9-4-5-12-6-10(9)11(14-3)7-13(2)8-11;1-6-4-2-3-5-6;1-2/h4-8,11,20H,2-3H2,1H3,(H,17,19);4-6H,7-8H2,1-3H3;2-5H2,1H3;1H2/t11-,15?,22?;;;/m0.../s1. The fraction of sp³-hybridized carbons (Fsp3) is 0.500. The van der Waals surface area contributed by atoms with Crippen LogP contribution in [0.2, 0.25) is 0 Å². The van der Waals surface area contributed by atoms with Crippen molar-refractivity contribution >= 4 is 48.8 Å². The summed E-state index contributed by atoms with van der Waals surface area (Å²) < 4.78 is 25.1. The first kappa shape index (κ1) is 36.8. The second kappa shape index (κ2) is 16.7. The molecule has 5 heterocycles. The van der Waals surface area contributed by atoms with Crippen LogP contribution >= 0.6 is 19.7 Å². The van der Waals surface area contributed by atoms with Crippen molar-refractivity contribution in [3.05, 3.63) is 64.3 Å². The smallest absolute Gasteiger partial charge is 0.309 e. The molecule has 6 rings (SSSR count). The van der Waals surface area contributed by atoms with E-state index in [-0.39, 0.29) is 17.1 Å². The SMILES string of the molecule is C=O.CCC[C@@H](C=O)NC(=O)c1cc2cc(C3(F)OP3O)ccc2s1.CN1CCCC1.COC1(c2cnccc2C)CN(C)C1. The molecule has 10 nitrogen and oxygen atoms in total. The first-order valence-corrected chi connectivity index (χ1v) is 16.9. The molecule has 2 unspecified atom stereocenters. The number of likely N-dealkylation sites (tertiary alicyclic amines) is 2. The summed E-state index contributed by atoms with van der Waals surface area (Å²) in [6.45, 7) is 10.6. The van der Waals surface area contributed by atoms with Crippen LogP contribution < -0.4 is 5.32 Å². The number of rotatable bonds is 8. The third kappa shape index (κ3) is 9.19. The Kier molecular flexibility index (Phi) is 13.7. The number of carbonyl (C=O) groups is 3. The van der Waals surface area contributed by atoms with Crippen LogP contribution in [0.4, 0.5) is 4.39 Å². The van der Waals surface area contributed by atoms with Crippen molar-refractivity contribution < 1.29 is 32.9 Å². The van der Waals surface area contributed by atoms with E-state index in [2.05, 4.69) is 45.6 Å². The molecule has 1 aromatic carbocycles. The number of thiophene rings is 1. The van der Waals surface area contributed by atoms with Crippen molar-refractivity contribution in [1.29, 1.82) is 0 Å². The molecule has 3 fully saturated rings. The van der Waals surface area contributed by atoms with Crippen LogP contribution in [0.1, 0.15) is 59.0 Å². The highest BCUT2D eigenvalue weighted by atomic mass is 32.1. The lowest BCUT2D eigenvalue weighted by Gasteiger charge is -2.48. The largest absolute Gasteiger partial charge is 0.371 e. The van der Waals surface area contributed by atoms with Crippen molar-refractivity contribution in [3.8, 4) is 0 Å². The highest BCUT2D eigenvalue weighted by molar-refractivity contribution is 7.53. The number of pyridine rings is 1. The molecule has 3 aromatic rings. The quantitative estimate of drug-likeness (QED) is 0.192. The number of aldehydes is 1. The molecule has 0 spiro atoms. The van der Waals surface area contributed by atoms with Crippen molar-refractivity contribution in [2.24, 2.45) is 0 Å². The van der Waals surface area contributed by atoms with Gasteiger partial charge >= 0.3 is 5.60 Å². The van der Waals surface area contributed by atoms with E-state index in [0.717, 1.165) is 30.5 Å². The minimum atomic E-state index is -2.09. The number of nitrogens with zero attached hydrogens (tertiary/aromatic N) is 3. The number of ether oxygens (including phenoxy) is 1. The predicted octanol–water partition coefficient (Wildman–Crippen LogP) is 5.12. The zero-order chi connectivity index (χ0) is 33.2. The zero-order valence-corrected chi connectivity index (χ0v) is 28.3. The number of likely N-dealkylation sites (N-methyl/N-ethyl adjacent to an activating group) is 1. The molecule has 45 heavy (non-hydrogen) atoms. The van der Waals surface area contributed by atoms with Crippen LogP contribution in [-0.2, 0) is 30.0 Å². The number of hydrogen-bond donors (Lipinski definition) is 2. The molecule has 3 saturated heterocycles. The highest BCUT2D eigenvalue weighted by Gasteiger charge is 2.61. The lowest BCUT2D eigenvalue weighted by Crippen LogP contribution is -2.58. The van der Waals surface area contributed by atoms with Crippen LogP contribution in [0.5, 0.6) is 0 Å². The molecule has 246 valence electrons. The Bertz CT molecular complexity index is 1420. The predicted molar refractivity (Wildman–Crippen MR) is 176 cm³/mol. The summed E-state index contributed by atoms with van der Waals surface area (Å²) in [6, 6.07) is 8.00. The third-order valence-corrected chi connectivity index (χ3v) is 10.1. The highest BCUT2D eigenvalue weighted by Crippen LogP contribution is 2.74. The number of benzene rings is 1. The zero-order valence-electron chi connectivity index (χ0n) is 26.6. The molecule has 1 amide bonds. The van der Waals surface area contributed by atoms with E-state index >= 15 is 0 Å². The second-order valence-electron chi connectivity index (χ2n) is 11.4. The van der Waals surface area contributed by atoms with E-state index in [1.54, 1.807) is 31.4 Å². The number of halogens is 1. The number of alkyl halides is 1. The Morgan fingerprint density at radius 2 is 1.91 bits per heavy atom. The summed E-state index contributed by atoms with van der Waals surface area (Å²) in [5, 5.41) is 3.38. The van der Waals surface area contributed by atoms with E-state index < -0.39 is 20.0 Å². The minimum absolute atomic E-state index is 0.118. The van der Waals surface area contributed by atoms with E-state index in [1.165, 1.54) is 48.4 Å². The molecule has 0 radical (unpaired) electrons. The molecular weight excluding hydrogens is 618 g/mol. The monoisotopic (exact) mass is 662 g/mol. The molecule has 2 aromatic heterocycles. The summed E-state index contributed by atoms with van der Waals surface area (Å²) in [6.07, 6.45) is 8.69. The Morgan fingerprint density at radius 1 is 1.24 bits per heavy atom. The van der Waals surface area contributed by atoms with Gasteiger partial charge in [-0.2, -0.15) is 4.39 Å². The number of carbonyl (C=O) groups excluding carboxylic acids is 3. The fourth-order valence-corrected chi connectivity index (χ4v) is 7.09. The lowest BCUT2D eigenvalue weighted by atomic mass is 9.85. The summed E-state index contributed by atoms with van der Waals surface area (Å²) in [5.41, 5.74) is 0.528. The maximum Gasteiger partial charge on any atom is 0.309 e. The second-order valence-corrected chi connectivity index (χ2v) is 13.8. The van der Waals surface area contributed by atoms with Gasteiger partial charge in [0.1, 0.15) is 18.7 Å². The number of aromatic nitrogens is 1. The summed E-state index contributed by atoms with van der Waals surface area (Å²) in [4.78, 5) is 49.6. The molecule has 0 saturated carbocycles. The average Bonchev–Trinajstić information content (AvgIpc) is 3.37. The Hall–Kier alpha value is -2.70. The molecule has 3 aliphatic heterocycles. The lowest BCUT2D eigenvalue weighted by molar-refractivity contribution is -0.121. The van der Waals surface area contributed by atoms with Gasteiger partial charge in [-0.25, -0.2) is 0 Å². The number of hydrogen-bond acceptors (Lipinski definition) is 10. The Balaban J connectivity index is 0.000000211. The molecule has 0 bridgehead atoms. The number of nitrogens with one attached hydrogen (secondary N) is 1. The molecule has 2 N–H and O–H groups in total. The Morgan fingerprint density at radius 3 is 2.40 bits per heavy atom. The number of aryl methyl sites for hydroxylation is 1.